The first-order valence-electron chi connectivity index (χ1n) is 14.2. The van der Waals surface area contributed by atoms with Crippen LogP contribution < -0.4 is 23.7 Å². The van der Waals surface area contributed by atoms with Crippen LogP contribution in [0, 0.1) is 0 Å². The highest BCUT2D eigenvalue weighted by Gasteiger charge is 2.47. The molecule has 0 aliphatic carbocycles. The van der Waals surface area contributed by atoms with Crippen LogP contribution in [-0.2, 0) is 17.6 Å². The van der Waals surface area contributed by atoms with Crippen molar-refractivity contribution in [3.63, 3.8) is 0 Å². The van der Waals surface area contributed by atoms with Gasteiger partial charge in [-0.3, -0.25) is 0 Å². The van der Waals surface area contributed by atoms with Gasteiger partial charge in [-0.15, -0.1) is 0 Å². The fourth-order valence-corrected chi connectivity index (χ4v) is 11.6. The Morgan fingerprint density at radius 1 is 0.907 bits per heavy atom. The standard InChI is InChI=1S/C29H43BrNO4Si.C2HF3O2/c1-19(2)36(20(3)4,21(5)6)35-29-17-25(30)23(15-28(29)34-9)11-13-31-12-10-22-14-26(32-7)27(33-8)16-24(22)18-31;3-2(4,5)1(6)7/h14-21H,10-13H2,1-9H3;(H,6,7)/q+1;/p-1. The molecule has 240 valence electrons. The van der Waals surface area contributed by atoms with Gasteiger partial charge in [0.05, 0.1) is 21.3 Å². The number of alkyl halides is 3. The van der Waals surface area contributed by atoms with Crippen LogP contribution in [0.1, 0.15) is 58.2 Å². The van der Waals surface area contributed by atoms with Crippen LogP contribution in [0.15, 0.2) is 28.7 Å². The first kappa shape index (κ1) is 36.5. The van der Waals surface area contributed by atoms with E-state index in [0.717, 1.165) is 53.4 Å². The highest BCUT2D eigenvalue weighted by molar-refractivity contribution is 9.10. The van der Waals surface area contributed by atoms with Gasteiger partial charge in [0.25, 0.3) is 8.32 Å². The Hall–Kier alpha value is -2.73. The molecule has 12 heteroatoms. The molecule has 2 aromatic carbocycles. The molecule has 1 aliphatic rings. The number of hydrogen-bond donors (Lipinski definition) is 0. The molecule has 1 heterocycles. The molecule has 43 heavy (non-hydrogen) atoms. The average molecular weight is 691 g/mol. The Kier molecular flexibility index (Phi) is 13.0. The number of carbonyl (C=O) groups is 1. The third-order valence-corrected chi connectivity index (χ3v) is 14.6. The zero-order chi connectivity index (χ0) is 32.7. The van der Waals surface area contributed by atoms with Gasteiger partial charge >= 0.3 is 6.18 Å². The van der Waals surface area contributed by atoms with Gasteiger partial charge < -0.3 is 28.5 Å². The van der Waals surface area contributed by atoms with E-state index in [2.05, 4.69) is 92.5 Å². The minimum atomic E-state index is -5.19. The van der Waals surface area contributed by atoms with E-state index < -0.39 is 20.5 Å². The Balaban J connectivity index is 0.000000821. The summed E-state index contributed by atoms with van der Waals surface area (Å²) in [6, 6.07) is 8.43. The van der Waals surface area contributed by atoms with E-state index in [0.29, 0.717) is 16.6 Å². The monoisotopic (exact) mass is 689 g/mol. The van der Waals surface area contributed by atoms with Gasteiger partial charge in [-0.05, 0) is 52.0 Å². The smallest absolute Gasteiger partial charge is 0.430 e. The molecular formula is C31H43BrF3NO6Si. The Morgan fingerprint density at radius 3 is 1.86 bits per heavy atom. The number of carbonyl (C=O) groups excluding carboxylic acids is 1. The summed E-state index contributed by atoms with van der Waals surface area (Å²) in [6.07, 6.45) is -1.08. The minimum absolute atomic E-state index is 0.497. The van der Waals surface area contributed by atoms with E-state index >= 15 is 0 Å². The molecule has 0 fully saturated rings. The van der Waals surface area contributed by atoms with Crippen LogP contribution in [-0.4, -0.2) is 65.7 Å². The van der Waals surface area contributed by atoms with Crippen LogP contribution >= 0.6 is 15.9 Å². The molecule has 7 nitrogen and oxygen atoms in total. The summed E-state index contributed by atoms with van der Waals surface area (Å²) in [5.41, 5.74) is 5.19. The second-order valence-electron chi connectivity index (χ2n) is 11.4. The quantitative estimate of drug-likeness (QED) is 0.197. The number of carboxylic acids is 1. The van der Waals surface area contributed by atoms with E-state index in [9.17, 15) is 13.2 Å². The number of ether oxygens (including phenoxy) is 3. The van der Waals surface area contributed by atoms with E-state index in [1.54, 1.807) is 21.3 Å². The van der Waals surface area contributed by atoms with Gasteiger partial charge in [0, 0.05) is 22.9 Å². The Bertz CT molecular complexity index is 1280. The topological polar surface area (TPSA) is 80.1 Å². The maximum Gasteiger partial charge on any atom is 0.430 e. The molecule has 0 aromatic heterocycles. The molecule has 2 aromatic rings. The van der Waals surface area contributed by atoms with Gasteiger partial charge in [0.15, 0.2) is 23.5 Å². The number of aliphatic carboxylic acids is 1. The molecule has 0 radical (unpaired) electrons. The summed E-state index contributed by atoms with van der Waals surface area (Å²) >= 11 is 3.84. The van der Waals surface area contributed by atoms with Crippen LogP contribution in [0.3, 0.4) is 0 Å². The molecule has 0 bridgehead atoms. The van der Waals surface area contributed by atoms with E-state index in [1.807, 2.05) is 0 Å². The average Bonchev–Trinajstić information content (AvgIpc) is 2.93. The van der Waals surface area contributed by atoms with Crippen molar-refractivity contribution in [3.8, 4) is 23.0 Å². The lowest BCUT2D eigenvalue weighted by Gasteiger charge is -2.42. The first-order chi connectivity index (χ1) is 20.0. The summed E-state index contributed by atoms with van der Waals surface area (Å²) in [7, 11) is 3.02. The molecule has 0 spiro atoms. The predicted molar refractivity (Wildman–Crippen MR) is 166 cm³/mol. The lowest BCUT2D eigenvalue weighted by atomic mass is 10.0. The highest BCUT2D eigenvalue weighted by atomic mass is 79.9. The normalized spacial score (nSPS) is 13.3. The zero-order valence-electron chi connectivity index (χ0n) is 26.4. The summed E-state index contributed by atoms with van der Waals surface area (Å²) in [4.78, 5) is 8.78. The van der Waals surface area contributed by atoms with Crippen molar-refractivity contribution < 1.29 is 46.3 Å². The number of carboxylic acid groups (broad SMARTS) is 1. The molecule has 3 rings (SSSR count). The maximum atomic E-state index is 10.5. The number of fused-ring (bicyclic) bond motifs is 1. The lowest BCUT2D eigenvalue weighted by molar-refractivity contribution is -0.523. The predicted octanol–water partition coefficient (Wildman–Crippen LogP) is 6.56. The number of benzene rings is 2. The van der Waals surface area contributed by atoms with Gasteiger partial charge in [-0.25, -0.2) is 4.58 Å². The number of methoxy groups -OCH3 is 3. The van der Waals surface area contributed by atoms with Crippen LogP contribution in [0.4, 0.5) is 13.2 Å². The first-order valence-corrected chi connectivity index (χ1v) is 17.1. The van der Waals surface area contributed by atoms with Crippen LogP contribution in [0.5, 0.6) is 23.0 Å². The zero-order valence-corrected chi connectivity index (χ0v) is 28.9. The van der Waals surface area contributed by atoms with Crippen LogP contribution in [0.25, 0.3) is 0 Å². The summed E-state index contributed by atoms with van der Waals surface area (Å²) < 4.78 is 58.8. The van der Waals surface area contributed by atoms with E-state index in [-0.39, 0.29) is 0 Å². The Labute approximate surface area is 262 Å². The second-order valence-corrected chi connectivity index (χ2v) is 17.6. The molecule has 0 N–H and O–H groups in total. The number of rotatable bonds is 11. The number of hydrogen-bond acceptors (Lipinski definition) is 6. The number of nitrogens with zero attached hydrogens (tertiary/aromatic N) is 1. The highest BCUT2D eigenvalue weighted by Crippen LogP contribution is 2.45. The molecule has 0 saturated heterocycles. The Morgan fingerprint density at radius 2 is 1.40 bits per heavy atom. The van der Waals surface area contributed by atoms with Crippen molar-refractivity contribution in [2.75, 3.05) is 34.4 Å². The molecule has 0 unspecified atom stereocenters. The lowest BCUT2D eigenvalue weighted by Crippen LogP contribution is -2.50. The van der Waals surface area contributed by atoms with Crippen molar-refractivity contribution in [1.29, 1.82) is 0 Å². The molecular weight excluding hydrogens is 647 g/mol. The SMILES string of the molecule is COc1cc2c(cc1OC)CC[N+](CCc1cc(OC)c(O[Si](C(C)C)(C(C)C)C(C)C)cc1Br)=C2.O=C([O-])C(F)(F)F. The van der Waals surface area contributed by atoms with Gasteiger partial charge in [-0.2, -0.15) is 13.2 Å². The fourth-order valence-electron chi connectivity index (χ4n) is 5.79. The second kappa shape index (κ2) is 15.3. The third-order valence-electron chi connectivity index (χ3n) is 7.86. The van der Waals surface area contributed by atoms with E-state index in [4.69, 9.17) is 28.5 Å². The minimum Gasteiger partial charge on any atom is -0.542 e. The summed E-state index contributed by atoms with van der Waals surface area (Å²) in [5, 5.41) is 8.78. The van der Waals surface area contributed by atoms with Crippen molar-refractivity contribution >= 4 is 36.4 Å². The van der Waals surface area contributed by atoms with Crippen molar-refractivity contribution in [2.45, 2.75) is 77.2 Å². The van der Waals surface area contributed by atoms with E-state index in [1.165, 1.54) is 16.7 Å². The fraction of sp³-hybridized carbons (Fsp3) is 0.548. The van der Waals surface area contributed by atoms with Gasteiger partial charge in [-0.1, -0.05) is 57.5 Å². The van der Waals surface area contributed by atoms with Crippen LogP contribution in [0.2, 0.25) is 16.6 Å². The molecule has 0 atom stereocenters. The largest absolute Gasteiger partial charge is 0.542 e. The number of halogens is 4. The maximum absolute atomic E-state index is 10.5. The van der Waals surface area contributed by atoms with Gasteiger partial charge in [0.2, 0.25) is 0 Å². The molecule has 1 aliphatic heterocycles. The van der Waals surface area contributed by atoms with Crippen molar-refractivity contribution in [3.05, 3.63) is 45.4 Å². The summed E-state index contributed by atoms with van der Waals surface area (Å²) in [6.45, 7) is 15.7. The van der Waals surface area contributed by atoms with Crippen molar-refractivity contribution in [1.82, 2.24) is 0 Å². The molecule has 0 amide bonds. The van der Waals surface area contributed by atoms with Crippen molar-refractivity contribution in [2.24, 2.45) is 0 Å². The molecule has 0 saturated carbocycles. The van der Waals surface area contributed by atoms with Gasteiger partial charge in [0.1, 0.15) is 24.8 Å². The third kappa shape index (κ3) is 8.90. The summed E-state index contributed by atoms with van der Waals surface area (Å²) in [5.74, 6) is 0.219.